The number of hydrogen-bond acceptors (Lipinski definition) is 3. The van der Waals surface area contributed by atoms with Gasteiger partial charge in [-0.25, -0.2) is 4.98 Å². The number of alkyl halides is 1. The molecule has 2 atom stereocenters. The lowest BCUT2D eigenvalue weighted by Gasteiger charge is -2.29. The molecule has 0 aliphatic carbocycles. The Hall–Kier alpha value is -0.800. The van der Waals surface area contributed by atoms with Gasteiger partial charge in [0.25, 0.3) is 0 Å². The number of ether oxygens (including phenoxy) is 1. The Bertz CT molecular complexity index is 397. The van der Waals surface area contributed by atoms with E-state index in [2.05, 4.69) is 36.8 Å². The van der Waals surface area contributed by atoms with Crippen molar-refractivity contribution in [3.8, 4) is 0 Å². The summed E-state index contributed by atoms with van der Waals surface area (Å²) in [6.45, 7) is 5.04. The smallest absolute Gasteiger partial charge is 0.131 e. The predicted molar refractivity (Wildman–Crippen MR) is 70.8 cm³/mol. The summed E-state index contributed by atoms with van der Waals surface area (Å²) < 4.78 is 5.60. The molecule has 1 aliphatic heterocycles. The van der Waals surface area contributed by atoms with Crippen LogP contribution in [-0.4, -0.2) is 30.8 Å². The van der Waals surface area contributed by atoms with Gasteiger partial charge in [-0.1, -0.05) is 0 Å². The lowest BCUT2D eigenvalue weighted by molar-refractivity contribution is 0.118. The molecule has 0 aromatic carbocycles. The fraction of sp³-hybridized carbons (Fsp3) is 0.615. The number of hydrogen-bond donors (Lipinski definition) is 0. The molecule has 0 saturated carbocycles. The van der Waals surface area contributed by atoms with E-state index in [0.29, 0.717) is 11.9 Å². The minimum absolute atomic E-state index is 0.272. The van der Waals surface area contributed by atoms with Gasteiger partial charge in [0.2, 0.25) is 0 Å². The van der Waals surface area contributed by atoms with Gasteiger partial charge in [-0.05, 0) is 37.5 Å². The zero-order valence-electron chi connectivity index (χ0n) is 10.6. The number of anilines is 1. The van der Waals surface area contributed by atoms with E-state index in [1.54, 1.807) is 0 Å². The number of aromatic nitrogens is 1. The molecule has 0 amide bonds. The minimum Gasteiger partial charge on any atom is -0.376 e. The van der Waals surface area contributed by atoms with Crippen LogP contribution in [0.15, 0.2) is 12.3 Å². The molecular formula is C13H19ClN2O. The molecule has 1 aromatic rings. The maximum atomic E-state index is 5.81. The van der Waals surface area contributed by atoms with E-state index < -0.39 is 0 Å². The molecule has 1 fully saturated rings. The van der Waals surface area contributed by atoms with Crippen molar-refractivity contribution in [2.24, 2.45) is 0 Å². The molecule has 0 N–H and O–H groups in total. The first kappa shape index (κ1) is 12.7. The first-order valence-electron chi connectivity index (χ1n) is 5.99. The largest absolute Gasteiger partial charge is 0.376 e. The van der Waals surface area contributed by atoms with Gasteiger partial charge in [0.1, 0.15) is 5.82 Å². The van der Waals surface area contributed by atoms with Gasteiger partial charge in [0.05, 0.1) is 12.1 Å². The lowest BCUT2D eigenvalue weighted by atomic mass is 10.1. The third-order valence-corrected chi connectivity index (χ3v) is 3.74. The normalized spacial score (nSPS) is 24.0. The molecule has 1 aromatic heterocycles. The van der Waals surface area contributed by atoms with E-state index >= 15 is 0 Å². The Morgan fingerprint density at radius 3 is 2.88 bits per heavy atom. The fourth-order valence-corrected chi connectivity index (χ4v) is 2.60. The van der Waals surface area contributed by atoms with Crippen LogP contribution in [-0.2, 0) is 10.6 Å². The number of halogens is 1. The highest BCUT2D eigenvalue weighted by Gasteiger charge is 2.29. The summed E-state index contributed by atoms with van der Waals surface area (Å²) in [5.41, 5.74) is 2.24. The summed E-state index contributed by atoms with van der Waals surface area (Å²) in [6.07, 6.45) is 3.19. The highest BCUT2D eigenvalue weighted by Crippen LogP contribution is 2.25. The summed E-state index contributed by atoms with van der Waals surface area (Å²) in [6, 6.07) is 2.52. The van der Waals surface area contributed by atoms with Crippen molar-refractivity contribution in [2.75, 3.05) is 18.6 Å². The maximum Gasteiger partial charge on any atom is 0.131 e. The van der Waals surface area contributed by atoms with Crippen molar-refractivity contribution in [3.05, 3.63) is 23.4 Å². The molecule has 1 saturated heterocycles. The van der Waals surface area contributed by atoms with Crippen molar-refractivity contribution < 1.29 is 4.74 Å². The van der Waals surface area contributed by atoms with Crippen LogP contribution in [0.3, 0.4) is 0 Å². The first-order valence-corrected chi connectivity index (χ1v) is 6.53. The van der Waals surface area contributed by atoms with Gasteiger partial charge >= 0.3 is 0 Å². The number of pyridine rings is 1. The molecule has 3 nitrogen and oxygen atoms in total. The fourth-order valence-electron chi connectivity index (χ4n) is 2.45. The van der Waals surface area contributed by atoms with Crippen LogP contribution in [0.2, 0.25) is 0 Å². The van der Waals surface area contributed by atoms with E-state index in [4.69, 9.17) is 16.3 Å². The van der Waals surface area contributed by atoms with Crippen LogP contribution in [0.1, 0.15) is 24.5 Å². The Labute approximate surface area is 108 Å². The summed E-state index contributed by atoms with van der Waals surface area (Å²) >= 11 is 5.81. The zero-order valence-corrected chi connectivity index (χ0v) is 11.4. The van der Waals surface area contributed by atoms with Gasteiger partial charge in [-0.3, -0.25) is 0 Å². The third-order valence-electron chi connectivity index (χ3n) is 3.43. The molecule has 0 radical (unpaired) electrons. The second-order valence-electron chi connectivity index (χ2n) is 4.66. The summed E-state index contributed by atoms with van der Waals surface area (Å²) in [4.78, 5) is 6.74. The average molecular weight is 255 g/mol. The molecule has 0 spiro atoms. The van der Waals surface area contributed by atoms with E-state index in [9.17, 15) is 0 Å². The molecular weight excluding hydrogens is 236 g/mol. The SMILES string of the molecule is Cc1cc(CCl)cnc1N(C)C1CCOC1C. The number of aryl methyl sites for hydroxylation is 1. The Balaban J connectivity index is 2.21. The lowest BCUT2D eigenvalue weighted by Crippen LogP contribution is -2.37. The van der Waals surface area contributed by atoms with Gasteiger partial charge < -0.3 is 9.64 Å². The highest BCUT2D eigenvalue weighted by molar-refractivity contribution is 6.17. The molecule has 2 rings (SSSR count). The number of likely N-dealkylation sites (N-methyl/N-ethyl adjacent to an activating group) is 1. The summed E-state index contributed by atoms with van der Waals surface area (Å²) in [7, 11) is 2.09. The molecule has 2 unspecified atom stereocenters. The Morgan fingerprint density at radius 1 is 1.59 bits per heavy atom. The zero-order chi connectivity index (χ0) is 12.4. The van der Waals surface area contributed by atoms with Crippen molar-refractivity contribution >= 4 is 17.4 Å². The van der Waals surface area contributed by atoms with Gasteiger partial charge in [-0.2, -0.15) is 0 Å². The quantitative estimate of drug-likeness (QED) is 0.776. The van der Waals surface area contributed by atoms with E-state index in [0.717, 1.165) is 24.4 Å². The average Bonchev–Trinajstić information content (AvgIpc) is 2.74. The molecule has 94 valence electrons. The number of rotatable bonds is 3. The van der Waals surface area contributed by atoms with Crippen LogP contribution in [0.4, 0.5) is 5.82 Å². The Morgan fingerprint density at radius 2 is 2.35 bits per heavy atom. The van der Waals surface area contributed by atoms with E-state index in [-0.39, 0.29) is 6.10 Å². The third kappa shape index (κ3) is 2.55. The Kier molecular flexibility index (Phi) is 3.89. The van der Waals surface area contributed by atoms with Crippen molar-refractivity contribution in [3.63, 3.8) is 0 Å². The minimum atomic E-state index is 0.272. The van der Waals surface area contributed by atoms with E-state index in [1.807, 2.05) is 6.20 Å². The number of nitrogens with zero attached hydrogens (tertiary/aromatic N) is 2. The monoisotopic (exact) mass is 254 g/mol. The molecule has 0 bridgehead atoms. The highest BCUT2D eigenvalue weighted by atomic mass is 35.5. The second kappa shape index (κ2) is 5.23. The molecule has 1 aliphatic rings. The van der Waals surface area contributed by atoms with Gasteiger partial charge in [-0.15, -0.1) is 11.6 Å². The molecule has 4 heteroatoms. The maximum absolute atomic E-state index is 5.81. The topological polar surface area (TPSA) is 25.4 Å². The predicted octanol–water partition coefficient (Wildman–Crippen LogP) is 2.74. The van der Waals surface area contributed by atoms with Gasteiger partial charge in [0.15, 0.2) is 0 Å². The summed E-state index contributed by atoms with van der Waals surface area (Å²) in [5, 5.41) is 0. The van der Waals surface area contributed by atoms with Crippen molar-refractivity contribution in [2.45, 2.75) is 38.3 Å². The summed E-state index contributed by atoms with van der Waals surface area (Å²) in [5.74, 6) is 1.54. The van der Waals surface area contributed by atoms with Crippen molar-refractivity contribution in [1.29, 1.82) is 0 Å². The van der Waals surface area contributed by atoms with Crippen molar-refractivity contribution in [1.82, 2.24) is 4.98 Å². The van der Waals surface area contributed by atoms with Crippen LogP contribution < -0.4 is 4.90 Å². The molecule has 17 heavy (non-hydrogen) atoms. The standard InChI is InChI=1S/C13H19ClN2O/c1-9-6-11(7-14)8-15-13(9)16(3)12-4-5-17-10(12)2/h6,8,10,12H,4-5,7H2,1-3H3. The van der Waals surface area contributed by atoms with Crippen LogP contribution >= 0.6 is 11.6 Å². The van der Waals surface area contributed by atoms with Crippen LogP contribution in [0.5, 0.6) is 0 Å². The van der Waals surface area contributed by atoms with Gasteiger partial charge in [0, 0.05) is 25.7 Å². The first-order chi connectivity index (χ1) is 8.13. The van der Waals surface area contributed by atoms with E-state index in [1.165, 1.54) is 5.56 Å². The molecule has 2 heterocycles. The van der Waals surface area contributed by atoms with Crippen LogP contribution in [0.25, 0.3) is 0 Å². The van der Waals surface area contributed by atoms with Crippen LogP contribution in [0, 0.1) is 6.92 Å². The second-order valence-corrected chi connectivity index (χ2v) is 4.93.